The van der Waals surface area contributed by atoms with E-state index in [1.165, 1.54) is 0 Å². The summed E-state index contributed by atoms with van der Waals surface area (Å²) in [6, 6.07) is 0. The summed E-state index contributed by atoms with van der Waals surface area (Å²) in [7, 11) is 0. The van der Waals surface area contributed by atoms with Crippen LogP contribution in [-0.4, -0.2) is 6.54 Å². The second kappa shape index (κ2) is 10.3. The van der Waals surface area contributed by atoms with Gasteiger partial charge in [0.15, 0.2) is 0 Å². The number of allylic oxidation sites excluding steroid dienone is 1. The average Bonchev–Trinajstić information content (AvgIpc) is 1.93. The lowest BCUT2D eigenvalue weighted by Gasteiger charge is -1.94. The largest absolute Gasteiger partial charge is 0.383 e. The zero-order valence-electron chi connectivity index (χ0n) is 6.91. The minimum Gasteiger partial charge on any atom is -0.383 e. The molecule has 0 heterocycles. The molecule has 1 heteroatoms. The van der Waals surface area contributed by atoms with E-state index in [2.05, 4.69) is 17.6 Å². The topological polar surface area (TPSA) is 12.0 Å². The van der Waals surface area contributed by atoms with Crippen LogP contribution < -0.4 is 5.32 Å². The SMILES string of the molecule is C=C=C(C)NCC.CC.[HH]. The van der Waals surface area contributed by atoms with E-state index < -0.39 is 0 Å². The van der Waals surface area contributed by atoms with E-state index in [1.54, 1.807) is 0 Å². The molecule has 0 amide bonds. The highest BCUT2D eigenvalue weighted by atomic mass is 14.8. The van der Waals surface area contributed by atoms with Crippen molar-refractivity contribution in [1.29, 1.82) is 0 Å². The summed E-state index contributed by atoms with van der Waals surface area (Å²) in [5, 5.41) is 3.04. The Morgan fingerprint density at radius 2 is 2.11 bits per heavy atom. The molecule has 0 rings (SSSR count). The third-order valence-corrected chi connectivity index (χ3v) is 0.707. The van der Waals surface area contributed by atoms with Crippen molar-refractivity contribution in [2.24, 2.45) is 0 Å². The van der Waals surface area contributed by atoms with Crippen LogP contribution in [0.2, 0.25) is 0 Å². The van der Waals surface area contributed by atoms with E-state index >= 15 is 0 Å². The van der Waals surface area contributed by atoms with Crippen LogP contribution in [0.4, 0.5) is 0 Å². The summed E-state index contributed by atoms with van der Waals surface area (Å²) in [5.41, 5.74) is 3.74. The molecule has 0 spiro atoms. The Morgan fingerprint density at radius 1 is 1.67 bits per heavy atom. The number of hydrogen-bond donors (Lipinski definition) is 1. The first-order valence-corrected chi connectivity index (χ1v) is 3.41. The van der Waals surface area contributed by atoms with Crippen LogP contribution in [0.25, 0.3) is 0 Å². The standard InChI is InChI=1S/C6H11N.C2H6.H2/c1-4-6(3)7-5-2;1-2;/h7H,1,5H2,2-3H3;1-2H3;1H. The smallest absolute Gasteiger partial charge is 0.0500 e. The highest BCUT2D eigenvalue weighted by Crippen LogP contribution is 1.75. The van der Waals surface area contributed by atoms with Gasteiger partial charge in [-0.2, -0.15) is 0 Å². The molecule has 0 aromatic heterocycles. The second-order valence-corrected chi connectivity index (χ2v) is 1.33. The molecule has 0 saturated heterocycles. The molecule has 0 saturated carbocycles. The summed E-state index contributed by atoms with van der Waals surface area (Å²) < 4.78 is 0. The molecule has 0 aliphatic rings. The lowest BCUT2D eigenvalue weighted by atomic mass is 10.5. The van der Waals surface area contributed by atoms with Crippen molar-refractivity contribution in [3.63, 3.8) is 0 Å². The molecule has 0 fully saturated rings. The van der Waals surface area contributed by atoms with Crippen LogP contribution in [0.3, 0.4) is 0 Å². The molecule has 0 radical (unpaired) electrons. The maximum absolute atomic E-state index is 3.45. The molecule has 0 unspecified atom stereocenters. The van der Waals surface area contributed by atoms with E-state index in [-0.39, 0.29) is 1.43 Å². The van der Waals surface area contributed by atoms with Gasteiger partial charge in [-0.1, -0.05) is 20.4 Å². The minimum atomic E-state index is 0. The maximum atomic E-state index is 3.45. The zero-order valence-corrected chi connectivity index (χ0v) is 6.91. The van der Waals surface area contributed by atoms with Crippen molar-refractivity contribution in [1.82, 2.24) is 5.32 Å². The molecule has 0 aromatic rings. The predicted molar refractivity (Wildman–Crippen MR) is 45.5 cm³/mol. The van der Waals surface area contributed by atoms with Gasteiger partial charge in [0, 0.05) is 13.7 Å². The predicted octanol–water partition coefficient (Wildman–Crippen LogP) is 2.56. The Balaban J connectivity index is -0.000000149. The van der Waals surface area contributed by atoms with Gasteiger partial charge >= 0.3 is 0 Å². The fourth-order valence-electron chi connectivity index (χ4n) is 0.328. The van der Waals surface area contributed by atoms with E-state index in [9.17, 15) is 0 Å². The molecule has 0 aliphatic carbocycles. The molecule has 0 atom stereocenters. The van der Waals surface area contributed by atoms with Crippen LogP contribution in [-0.2, 0) is 0 Å². The van der Waals surface area contributed by atoms with Crippen LogP contribution >= 0.6 is 0 Å². The van der Waals surface area contributed by atoms with Crippen LogP contribution in [0.15, 0.2) is 18.0 Å². The summed E-state index contributed by atoms with van der Waals surface area (Å²) in [4.78, 5) is 0. The first-order chi connectivity index (χ1) is 4.31. The van der Waals surface area contributed by atoms with Gasteiger partial charge in [-0.3, -0.25) is 0 Å². The van der Waals surface area contributed by atoms with Crippen molar-refractivity contribution in [3.8, 4) is 0 Å². The monoisotopic (exact) mass is 129 g/mol. The Kier molecular flexibility index (Phi) is 12.8. The minimum absolute atomic E-state index is 0. The molecule has 0 aromatic carbocycles. The summed E-state index contributed by atoms with van der Waals surface area (Å²) in [6.45, 7) is 12.4. The van der Waals surface area contributed by atoms with Gasteiger partial charge in [0.2, 0.25) is 0 Å². The Bertz CT molecular complexity index is 93.4. The van der Waals surface area contributed by atoms with E-state index in [0.29, 0.717) is 0 Å². The molecular weight excluding hydrogens is 110 g/mol. The highest BCUT2D eigenvalue weighted by molar-refractivity contribution is 4.89. The normalized spacial score (nSPS) is 6.22. The maximum Gasteiger partial charge on any atom is 0.0500 e. The van der Waals surface area contributed by atoms with Gasteiger partial charge in [-0.15, -0.1) is 5.73 Å². The summed E-state index contributed by atoms with van der Waals surface area (Å²) in [5.74, 6) is 0. The lowest BCUT2D eigenvalue weighted by molar-refractivity contribution is 0.857. The van der Waals surface area contributed by atoms with Crippen LogP contribution in [0.1, 0.15) is 29.1 Å². The first kappa shape index (κ1) is 11.2. The third-order valence-electron chi connectivity index (χ3n) is 0.707. The first-order valence-electron chi connectivity index (χ1n) is 3.41. The van der Waals surface area contributed by atoms with Crippen molar-refractivity contribution in [2.75, 3.05) is 6.54 Å². The average molecular weight is 129 g/mol. The lowest BCUT2D eigenvalue weighted by Crippen LogP contribution is -2.07. The van der Waals surface area contributed by atoms with Crippen molar-refractivity contribution >= 4 is 0 Å². The Morgan fingerprint density at radius 3 is 2.22 bits per heavy atom. The van der Waals surface area contributed by atoms with Gasteiger partial charge in [0.25, 0.3) is 0 Å². The van der Waals surface area contributed by atoms with Gasteiger partial charge in [0.05, 0.1) is 0 Å². The summed E-state index contributed by atoms with van der Waals surface area (Å²) >= 11 is 0. The molecule has 56 valence electrons. The zero-order chi connectivity index (χ0) is 7.70. The van der Waals surface area contributed by atoms with Gasteiger partial charge in [-0.05, 0) is 13.8 Å². The number of hydrogen-bond acceptors (Lipinski definition) is 1. The summed E-state index contributed by atoms with van der Waals surface area (Å²) in [6.07, 6.45) is 0. The van der Waals surface area contributed by atoms with Gasteiger partial charge in [0.1, 0.15) is 0 Å². The van der Waals surface area contributed by atoms with E-state index in [4.69, 9.17) is 0 Å². The van der Waals surface area contributed by atoms with E-state index in [1.807, 2.05) is 27.7 Å². The van der Waals surface area contributed by atoms with Crippen molar-refractivity contribution in [2.45, 2.75) is 27.7 Å². The Hall–Kier alpha value is -0.680. The van der Waals surface area contributed by atoms with Gasteiger partial charge in [-0.25, -0.2) is 0 Å². The molecule has 0 bridgehead atoms. The molecule has 1 nitrogen and oxygen atoms in total. The van der Waals surface area contributed by atoms with Crippen LogP contribution in [0, 0.1) is 0 Å². The molecule has 0 aliphatic heterocycles. The fourth-order valence-corrected chi connectivity index (χ4v) is 0.328. The number of nitrogens with one attached hydrogen (secondary N) is 1. The van der Waals surface area contributed by atoms with Crippen LogP contribution in [0.5, 0.6) is 0 Å². The van der Waals surface area contributed by atoms with E-state index in [0.717, 1.165) is 12.2 Å². The highest BCUT2D eigenvalue weighted by Gasteiger charge is 1.74. The van der Waals surface area contributed by atoms with Crippen molar-refractivity contribution < 1.29 is 1.43 Å². The molecule has 9 heavy (non-hydrogen) atoms. The number of rotatable bonds is 2. The molecule has 1 N–H and O–H groups in total. The fraction of sp³-hybridized carbons (Fsp3) is 0.625. The molecular formula is C8H19N. The quantitative estimate of drug-likeness (QED) is 0.565. The third kappa shape index (κ3) is 11.1. The van der Waals surface area contributed by atoms with Crippen molar-refractivity contribution in [3.05, 3.63) is 18.0 Å². The van der Waals surface area contributed by atoms with Gasteiger partial charge < -0.3 is 5.32 Å². The second-order valence-electron chi connectivity index (χ2n) is 1.33. The Labute approximate surface area is 60.0 Å².